The number of anilines is 2. The maximum absolute atomic E-state index is 11.7. The number of phenolic OH excluding ortho intramolecular Hbond substituents is 2. The van der Waals surface area contributed by atoms with Crippen LogP contribution in [0.4, 0.5) is 23.3 Å². The van der Waals surface area contributed by atoms with E-state index in [2.05, 4.69) is 46.0 Å². The first-order valence-corrected chi connectivity index (χ1v) is 24.5. The zero-order valence-electron chi connectivity index (χ0n) is 32.6. The number of aromatic hydroxyl groups is 2. The Labute approximate surface area is 337 Å². The predicted octanol–water partition coefficient (Wildman–Crippen LogP) is 5.25. The molecule has 0 amide bonds. The Bertz CT molecular complexity index is 2500. The van der Waals surface area contributed by atoms with Crippen molar-refractivity contribution < 1.29 is 43.9 Å². The molecule has 0 bridgehead atoms. The SMILES string of the molecule is CN=Nc1c(S(C)(=O)=O)cc2ccccc2c1O.CN=Nc1c(S(C)(=O)=O)cc2ccccc2c1O.CNc1nc(Cl)nc(NC)n1.CS(C)(=O)=O.CS(C)(=O)=O. The molecule has 24 heteroatoms. The lowest BCUT2D eigenvalue weighted by Crippen LogP contribution is -2.03. The highest BCUT2D eigenvalue weighted by Crippen LogP contribution is 2.41. The Hall–Kier alpha value is -5.10. The van der Waals surface area contributed by atoms with Gasteiger partial charge in [-0.1, -0.05) is 48.5 Å². The number of azo groups is 2. The van der Waals surface area contributed by atoms with Gasteiger partial charge in [0.25, 0.3) is 0 Å². The molecule has 1 heterocycles. The van der Waals surface area contributed by atoms with E-state index < -0.39 is 39.3 Å². The number of rotatable bonds is 6. The summed E-state index contributed by atoms with van der Waals surface area (Å²) in [6.07, 6.45) is 6.79. The van der Waals surface area contributed by atoms with Crippen LogP contribution in [0.25, 0.3) is 21.5 Å². The number of benzene rings is 4. The van der Waals surface area contributed by atoms with Gasteiger partial charge in [0.1, 0.15) is 31.0 Å². The minimum atomic E-state index is -3.48. The first-order valence-electron chi connectivity index (χ1n) is 15.7. The van der Waals surface area contributed by atoms with Crippen molar-refractivity contribution in [3.63, 3.8) is 0 Å². The summed E-state index contributed by atoms with van der Waals surface area (Å²) in [5.74, 6) is 0.571. The molecule has 0 aliphatic heterocycles. The van der Waals surface area contributed by atoms with E-state index in [0.29, 0.717) is 33.4 Å². The second-order valence-corrected chi connectivity index (χ2v) is 20.6. The van der Waals surface area contributed by atoms with Gasteiger partial charge in [-0.15, -0.1) is 0 Å². The van der Waals surface area contributed by atoms with Crippen LogP contribution in [0, 0.1) is 0 Å². The molecular weight excluding hydrogens is 846 g/mol. The van der Waals surface area contributed by atoms with E-state index in [1.54, 1.807) is 62.6 Å². The van der Waals surface area contributed by atoms with E-state index in [4.69, 9.17) is 11.6 Å². The van der Waals surface area contributed by atoms with Gasteiger partial charge in [0, 0.05) is 76.5 Å². The summed E-state index contributed by atoms with van der Waals surface area (Å²) in [6, 6.07) is 16.9. The van der Waals surface area contributed by atoms with Gasteiger partial charge in [-0.3, -0.25) is 0 Å². The van der Waals surface area contributed by atoms with Crippen molar-refractivity contribution in [2.24, 2.45) is 20.5 Å². The molecule has 4 N–H and O–H groups in total. The van der Waals surface area contributed by atoms with Crippen molar-refractivity contribution in [2.75, 3.05) is 76.4 Å². The zero-order valence-corrected chi connectivity index (χ0v) is 36.6. The van der Waals surface area contributed by atoms with E-state index in [1.807, 2.05) is 0 Å². The molecule has 0 fully saturated rings. The lowest BCUT2D eigenvalue weighted by Gasteiger charge is -2.08. The van der Waals surface area contributed by atoms with Crippen LogP contribution in [0.2, 0.25) is 5.28 Å². The third kappa shape index (κ3) is 17.7. The van der Waals surface area contributed by atoms with Gasteiger partial charge in [0.15, 0.2) is 31.2 Å². The minimum Gasteiger partial charge on any atom is -0.505 e. The summed E-state index contributed by atoms with van der Waals surface area (Å²) in [4.78, 5) is 11.5. The smallest absolute Gasteiger partial charge is 0.228 e. The standard InChI is InChI=1S/2C12H12N2O3S.C5H8ClN5.2C2H6O2S/c2*1-13-14-11-10(18(2,16)17)7-8-5-3-4-6-9(8)12(11)15;1-7-4-9-3(6)10-5(8-2)11-4;2*1-5(2,3)4/h2*3-7,15H,1-2H3;1-2H3,(H2,7,8,9,10,11);2*1-2H3. The second kappa shape index (κ2) is 21.4. The highest BCUT2D eigenvalue weighted by Gasteiger charge is 2.21. The number of sulfone groups is 4. The van der Waals surface area contributed by atoms with Crippen molar-refractivity contribution in [3.05, 3.63) is 65.9 Å². The maximum Gasteiger partial charge on any atom is 0.228 e. The van der Waals surface area contributed by atoms with Crippen molar-refractivity contribution in [3.8, 4) is 11.5 Å². The molecule has 0 unspecified atom stereocenters. The van der Waals surface area contributed by atoms with Crippen molar-refractivity contribution in [1.82, 2.24) is 15.0 Å². The largest absolute Gasteiger partial charge is 0.505 e. The highest BCUT2D eigenvalue weighted by atomic mass is 35.5. The van der Waals surface area contributed by atoms with Gasteiger partial charge in [0.2, 0.25) is 17.2 Å². The van der Waals surface area contributed by atoms with Crippen LogP contribution in [0.15, 0.2) is 90.9 Å². The number of halogens is 1. The third-order valence-corrected chi connectivity index (χ3v) is 8.56. The average Bonchev–Trinajstić information content (AvgIpc) is 3.08. The molecule has 0 radical (unpaired) electrons. The summed E-state index contributed by atoms with van der Waals surface area (Å²) in [5, 5.41) is 42.8. The normalized spacial score (nSPS) is 11.6. The predicted molar refractivity (Wildman–Crippen MR) is 224 cm³/mol. The number of phenols is 2. The van der Waals surface area contributed by atoms with Gasteiger partial charge in [-0.2, -0.15) is 35.4 Å². The third-order valence-electron chi connectivity index (χ3n) is 6.17. The number of hydrogen-bond donors (Lipinski definition) is 4. The van der Waals surface area contributed by atoms with E-state index >= 15 is 0 Å². The molecule has 4 aromatic carbocycles. The van der Waals surface area contributed by atoms with Crippen LogP contribution in [-0.4, -0.2) is 125 Å². The van der Waals surface area contributed by atoms with Gasteiger partial charge in [-0.25, -0.2) is 33.7 Å². The zero-order chi connectivity index (χ0) is 43.9. The number of nitrogens with one attached hydrogen (secondary N) is 2. The van der Waals surface area contributed by atoms with E-state index in [1.165, 1.54) is 26.2 Å². The van der Waals surface area contributed by atoms with Crippen molar-refractivity contribution in [1.29, 1.82) is 0 Å². The summed E-state index contributed by atoms with van der Waals surface area (Å²) < 4.78 is 85.4. The number of hydrogen-bond acceptors (Lipinski definition) is 19. The quantitative estimate of drug-likeness (QED) is 0.158. The Morgan fingerprint density at radius 1 is 0.561 bits per heavy atom. The lowest BCUT2D eigenvalue weighted by atomic mass is 10.1. The molecule has 0 saturated carbocycles. The number of aromatic nitrogens is 3. The molecule has 0 aliphatic carbocycles. The molecule has 0 atom stereocenters. The maximum atomic E-state index is 11.7. The van der Waals surface area contributed by atoms with Gasteiger partial charge in [-0.05, 0) is 34.5 Å². The fourth-order valence-corrected chi connectivity index (χ4v) is 5.94. The molecule has 5 aromatic rings. The number of nitrogens with zero attached hydrogens (tertiary/aromatic N) is 7. The van der Waals surface area contributed by atoms with Crippen LogP contribution >= 0.6 is 11.6 Å². The van der Waals surface area contributed by atoms with Crippen LogP contribution in [0.1, 0.15) is 0 Å². The second-order valence-electron chi connectivity index (χ2n) is 11.8. The highest BCUT2D eigenvalue weighted by molar-refractivity contribution is 7.91. The Kier molecular flexibility index (Phi) is 18.8. The summed E-state index contributed by atoms with van der Waals surface area (Å²) in [7, 11) is -6.04. The minimum absolute atomic E-state index is 0.0151. The average molecular weight is 890 g/mol. The monoisotopic (exact) mass is 889 g/mol. The van der Waals surface area contributed by atoms with E-state index in [-0.39, 0.29) is 37.9 Å². The fourth-order valence-electron chi connectivity index (χ4n) is 4.12. The summed E-state index contributed by atoms with van der Waals surface area (Å²) in [5.41, 5.74) is -0.0302. The van der Waals surface area contributed by atoms with Crippen molar-refractivity contribution >= 4 is 95.8 Å². The number of fused-ring (bicyclic) bond motifs is 2. The Morgan fingerprint density at radius 2 is 0.860 bits per heavy atom. The molecule has 0 spiro atoms. The van der Waals surface area contributed by atoms with Crippen LogP contribution < -0.4 is 10.6 Å². The van der Waals surface area contributed by atoms with Crippen LogP contribution in [-0.2, 0) is 39.3 Å². The molecule has 0 aliphatic rings. The van der Waals surface area contributed by atoms with Gasteiger partial charge < -0.3 is 20.8 Å². The molecule has 19 nitrogen and oxygen atoms in total. The van der Waals surface area contributed by atoms with Gasteiger partial charge >= 0.3 is 0 Å². The molecule has 57 heavy (non-hydrogen) atoms. The summed E-state index contributed by atoms with van der Waals surface area (Å²) in [6.45, 7) is 0. The van der Waals surface area contributed by atoms with E-state index in [0.717, 1.165) is 37.5 Å². The van der Waals surface area contributed by atoms with Gasteiger partial charge in [0.05, 0.1) is 9.79 Å². The first-order chi connectivity index (χ1) is 26.2. The molecule has 312 valence electrons. The topological polar surface area (TPSA) is 289 Å². The van der Waals surface area contributed by atoms with E-state index in [9.17, 15) is 43.9 Å². The summed E-state index contributed by atoms with van der Waals surface area (Å²) >= 11 is 5.57. The first kappa shape index (κ1) is 49.9. The molecular formula is C33H44ClN9O10S4. The Balaban J connectivity index is 0.000000390. The Morgan fingerprint density at radius 3 is 1.12 bits per heavy atom. The van der Waals surface area contributed by atoms with Crippen LogP contribution in [0.5, 0.6) is 11.5 Å². The molecule has 1 aromatic heterocycles. The molecule has 0 saturated heterocycles. The van der Waals surface area contributed by atoms with Crippen molar-refractivity contribution in [2.45, 2.75) is 9.79 Å². The van der Waals surface area contributed by atoms with Crippen LogP contribution in [0.3, 0.4) is 0 Å². The lowest BCUT2D eigenvalue weighted by molar-refractivity contribution is 0.480. The molecule has 5 rings (SSSR count). The fraction of sp³-hybridized carbons (Fsp3) is 0.303.